The third kappa shape index (κ3) is 4.59. The number of likely N-dealkylation sites (tertiary alicyclic amines) is 1. The lowest BCUT2D eigenvalue weighted by atomic mass is 9.98. The molecule has 1 saturated heterocycles. The second-order valence-electron chi connectivity index (χ2n) is 8.57. The van der Waals surface area contributed by atoms with Gasteiger partial charge in [0, 0.05) is 35.9 Å². The van der Waals surface area contributed by atoms with Crippen LogP contribution in [0, 0.1) is 13.8 Å². The van der Waals surface area contributed by atoms with Crippen LogP contribution in [0.25, 0.3) is 5.69 Å². The standard InChI is InChI=1S/C22H32N4O/c1-16-20(17(2)26(24-16)19-9-7-6-8-10-19)15-21(27)23-18-11-13-25(14-12-18)22(3,4)5/h6-10,18H,11-15H2,1-5H3,(H,23,27). The van der Waals surface area contributed by atoms with Crippen LogP contribution in [0.1, 0.15) is 50.6 Å². The van der Waals surface area contributed by atoms with E-state index in [9.17, 15) is 4.79 Å². The van der Waals surface area contributed by atoms with Crippen molar-refractivity contribution < 1.29 is 4.79 Å². The fourth-order valence-corrected chi connectivity index (χ4v) is 3.89. The maximum absolute atomic E-state index is 12.6. The van der Waals surface area contributed by atoms with Crippen molar-refractivity contribution in [2.75, 3.05) is 13.1 Å². The molecule has 0 bridgehead atoms. The van der Waals surface area contributed by atoms with Gasteiger partial charge < -0.3 is 5.32 Å². The fourth-order valence-electron chi connectivity index (χ4n) is 3.89. The van der Waals surface area contributed by atoms with Gasteiger partial charge in [-0.2, -0.15) is 5.10 Å². The zero-order chi connectivity index (χ0) is 19.6. The van der Waals surface area contributed by atoms with E-state index in [2.05, 4.69) is 36.1 Å². The molecule has 0 atom stereocenters. The van der Waals surface area contributed by atoms with Crippen molar-refractivity contribution in [1.29, 1.82) is 0 Å². The number of rotatable bonds is 4. The Kier molecular flexibility index (Phi) is 5.70. The number of para-hydroxylation sites is 1. The van der Waals surface area contributed by atoms with E-state index in [0.29, 0.717) is 6.42 Å². The summed E-state index contributed by atoms with van der Waals surface area (Å²) in [5.41, 5.74) is 4.23. The number of amides is 1. The number of piperidine rings is 1. The molecule has 1 aromatic carbocycles. The average Bonchev–Trinajstić information content (AvgIpc) is 2.90. The molecule has 0 saturated carbocycles. The van der Waals surface area contributed by atoms with Crippen molar-refractivity contribution in [3.05, 3.63) is 47.3 Å². The largest absolute Gasteiger partial charge is 0.353 e. The summed E-state index contributed by atoms with van der Waals surface area (Å²) in [6.07, 6.45) is 2.43. The first-order chi connectivity index (χ1) is 12.8. The molecule has 0 spiro atoms. The molecular formula is C22H32N4O. The van der Waals surface area contributed by atoms with Gasteiger partial charge in [-0.1, -0.05) is 18.2 Å². The second-order valence-corrected chi connectivity index (χ2v) is 8.57. The Morgan fingerprint density at radius 3 is 2.37 bits per heavy atom. The smallest absolute Gasteiger partial charge is 0.224 e. The lowest BCUT2D eigenvalue weighted by molar-refractivity contribution is -0.121. The van der Waals surface area contributed by atoms with Gasteiger partial charge in [-0.3, -0.25) is 9.69 Å². The minimum absolute atomic E-state index is 0.100. The summed E-state index contributed by atoms with van der Waals surface area (Å²) in [7, 11) is 0. The van der Waals surface area contributed by atoms with E-state index in [1.807, 2.05) is 48.9 Å². The SMILES string of the molecule is Cc1nn(-c2ccccc2)c(C)c1CC(=O)NC1CCN(C(C)(C)C)CC1. The third-order valence-electron chi connectivity index (χ3n) is 5.59. The minimum atomic E-state index is 0.100. The van der Waals surface area contributed by atoms with Gasteiger partial charge in [0.15, 0.2) is 0 Å². The van der Waals surface area contributed by atoms with Crippen LogP contribution in [0.5, 0.6) is 0 Å². The highest BCUT2D eigenvalue weighted by molar-refractivity contribution is 5.79. The Morgan fingerprint density at radius 1 is 1.15 bits per heavy atom. The molecule has 0 unspecified atom stereocenters. The first-order valence-corrected chi connectivity index (χ1v) is 9.90. The van der Waals surface area contributed by atoms with Gasteiger partial charge in [-0.15, -0.1) is 0 Å². The Bertz CT molecular complexity index is 781. The van der Waals surface area contributed by atoms with Gasteiger partial charge >= 0.3 is 0 Å². The summed E-state index contributed by atoms with van der Waals surface area (Å²) >= 11 is 0. The molecule has 0 aliphatic carbocycles. The molecule has 1 aliphatic rings. The maximum Gasteiger partial charge on any atom is 0.224 e. The Morgan fingerprint density at radius 2 is 1.78 bits per heavy atom. The van der Waals surface area contributed by atoms with E-state index in [0.717, 1.165) is 48.6 Å². The number of hydrogen-bond donors (Lipinski definition) is 1. The molecule has 1 amide bonds. The fraction of sp³-hybridized carbons (Fsp3) is 0.545. The molecule has 1 fully saturated rings. The minimum Gasteiger partial charge on any atom is -0.353 e. The number of carbonyl (C=O) groups excluding carboxylic acids is 1. The number of aryl methyl sites for hydroxylation is 1. The highest BCUT2D eigenvalue weighted by Crippen LogP contribution is 2.21. The van der Waals surface area contributed by atoms with Gasteiger partial charge in [-0.05, 0) is 59.6 Å². The number of hydrogen-bond acceptors (Lipinski definition) is 3. The lowest BCUT2D eigenvalue weighted by Gasteiger charge is -2.41. The molecule has 2 heterocycles. The van der Waals surface area contributed by atoms with Crippen molar-refractivity contribution in [3.63, 3.8) is 0 Å². The molecule has 3 rings (SSSR count). The van der Waals surface area contributed by atoms with Gasteiger partial charge in [0.1, 0.15) is 0 Å². The van der Waals surface area contributed by atoms with E-state index in [1.165, 1.54) is 0 Å². The number of nitrogens with one attached hydrogen (secondary N) is 1. The summed E-state index contributed by atoms with van der Waals surface area (Å²) in [5, 5.41) is 7.89. The van der Waals surface area contributed by atoms with Crippen molar-refractivity contribution in [2.45, 2.75) is 65.5 Å². The zero-order valence-electron chi connectivity index (χ0n) is 17.2. The topological polar surface area (TPSA) is 50.2 Å². The average molecular weight is 369 g/mol. The maximum atomic E-state index is 12.6. The molecule has 5 nitrogen and oxygen atoms in total. The van der Waals surface area contributed by atoms with Gasteiger partial charge in [0.05, 0.1) is 17.8 Å². The number of benzene rings is 1. The molecule has 1 aromatic heterocycles. The summed E-state index contributed by atoms with van der Waals surface area (Å²) in [5.74, 6) is 0.100. The van der Waals surface area contributed by atoms with Crippen LogP contribution in [0.4, 0.5) is 0 Å². The molecular weight excluding hydrogens is 336 g/mol. The van der Waals surface area contributed by atoms with Crippen LogP contribution in [0.3, 0.4) is 0 Å². The Hall–Kier alpha value is -2.14. The van der Waals surface area contributed by atoms with E-state index in [4.69, 9.17) is 0 Å². The predicted molar refractivity (Wildman–Crippen MR) is 109 cm³/mol. The summed E-state index contributed by atoms with van der Waals surface area (Å²) in [6.45, 7) is 12.9. The van der Waals surface area contributed by atoms with Crippen LogP contribution >= 0.6 is 0 Å². The Balaban J connectivity index is 1.61. The van der Waals surface area contributed by atoms with E-state index in [-0.39, 0.29) is 17.5 Å². The first-order valence-electron chi connectivity index (χ1n) is 9.90. The quantitative estimate of drug-likeness (QED) is 0.900. The molecule has 5 heteroatoms. The van der Waals surface area contributed by atoms with E-state index in [1.54, 1.807) is 0 Å². The van der Waals surface area contributed by atoms with Crippen LogP contribution < -0.4 is 5.32 Å². The molecule has 1 aliphatic heterocycles. The summed E-state index contributed by atoms with van der Waals surface area (Å²) in [4.78, 5) is 15.1. The van der Waals surface area contributed by atoms with Crippen LogP contribution in [0.15, 0.2) is 30.3 Å². The van der Waals surface area contributed by atoms with E-state index < -0.39 is 0 Å². The Labute approximate surface area is 162 Å². The monoisotopic (exact) mass is 368 g/mol. The highest BCUT2D eigenvalue weighted by atomic mass is 16.1. The molecule has 0 radical (unpaired) electrons. The van der Waals surface area contributed by atoms with Gasteiger partial charge in [-0.25, -0.2) is 4.68 Å². The number of carbonyl (C=O) groups is 1. The molecule has 1 N–H and O–H groups in total. The second kappa shape index (κ2) is 7.85. The number of nitrogens with zero attached hydrogens (tertiary/aromatic N) is 3. The normalized spacial score (nSPS) is 16.5. The predicted octanol–water partition coefficient (Wildman–Crippen LogP) is 3.41. The molecule has 2 aromatic rings. The van der Waals surface area contributed by atoms with Crippen LogP contribution in [0.2, 0.25) is 0 Å². The van der Waals surface area contributed by atoms with Crippen molar-refractivity contribution >= 4 is 5.91 Å². The summed E-state index contributed by atoms with van der Waals surface area (Å²) in [6, 6.07) is 10.3. The van der Waals surface area contributed by atoms with Crippen LogP contribution in [-0.4, -0.2) is 45.3 Å². The molecule has 27 heavy (non-hydrogen) atoms. The van der Waals surface area contributed by atoms with E-state index >= 15 is 0 Å². The lowest BCUT2D eigenvalue weighted by Crippen LogP contribution is -2.51. The van der Waals surface area contributed by atoms with Crippen molar-refractivity contribution in [3.8, 4) is 5.69 Å². The first kappa shape index (κ1) is 19.6. The van der Waals surface area contributed by atoms with Gasteiger partial charge in [0.2, 0.25) is 5.91 Å². The molecule has 146 valence electrons. The van der Waals surface area contributed by atoms with Crippen LogP contribution in [-0.2, 0) is 11.2 Å². The van der Waals surface area contributed by atoms with Crippen molar-refractivity contribution in [1.82, 2.24) is 20.0 Å². The van der Waals surface area contributed by atoms with Crippen molar-refractivity contribution in [2.24, 2.45) is 0 Å². The zero-order valence-corrected chi connectivity index (χ0v) is 17.2. The number of aromatic nitrogens is 2. The third-order valence-corrected chi connectivity index (χ3v) is 5.59. The summed E-state index contributed by atoms with van der Waals surface area (Å²) < 4.78 is 1.93. The van der Waals surface area contributed by atoms with Gasteiger partial charge in [0.25, 0.3) is 0 Å². The highest BCUT2D eigenvalue weighted by Gasteiger charge is 2.27.